The molecule has 0 saturated heterocycles. The van der Waals surface area contributed by atoms with Gasteiger partial charge in [-0.05, 0) is 0 Å². The van der Waals surface area contributed by atoms with Crippen LogP contribution >= 0.6 is 0 Å². The molecule has 0 fully saturated rings. The predicted octanol–water partition coefficient (Wildman–Crippen LogP) is -0.350. The molecular weight excluding hydrogens is 147 g/mol. The Kier molecular flexibility index (Phi) is 43.1. The second kappa shape index (κ2) is 16.5. The van der Waals surface area contributed by atoms with Gasteiger partial charge in [0.15, 0.2) is 12.1 Å². The summed E-state index contributed by atoms with van der Waals surface area (Å²) in [4.78, 5) is 0. The van der Waals surface area contributed by atoms with Crippen molar-refractivity contribution in [1.82, 2.24) is 0 Å². The molecule has 0 heterocycles. The summed E-state index contributed by atoms with van der Waals surface area (Å²) in [7, 11) is 0. The summed E-state index contributed by atoms with van der Waals surface area (Å²) in [6, 6.07) is 2.47. The Bertz CT molecular complexity index is 66.5. The van der Waals surface area contributed by atoms with Gasteiger partial charge in [-0.15, -0.1) is 0 Å². The van der Waals surface area contributed by atoms with E-state index in [-0.39, 0.29) is 68.5 Å². The first-order valence-electron chi connectivity index (χ1n) is 0.697. The zero-order chi connectivity index (χ0) is 3.41. The van der Waals surface area contributed by atoms with Gasteiger partial charge in [-0.1, -0.05) is 0 Å². The molecule has 0 aliphatic carbocycles. The number of hydrogen-bond donors (Lipinski definition) is 0. The molecule has 0 saturated carbocycles. The summed E-state index contributed by atoms with van der Waals surface area (Å²) < 4.78 is 0. The molecule has 0 aromatic rings. The van der Waals surface area contributed by atoms with E-state index in [0.717, 1.165) is 0 Å². The van der Waals surface area contributed by atoms with Crippen LogP contribution in [0.25, 0.3) is 0 Å². The van der Waals surface area contributed by atoms with E-state index >= 15 is 0 Å². The Morgan fingerprint density at radius 1 is 1.00 bits per heavy atom. The molecule has 27 valence electrons. The minimum atomic E-state index is 0. The van der Waals surface area contributed by atoms with Crippen molar-refractivity contribution in [3.63, 3.8) is 0 Å². The first-order valence-corrected chi connectivity index (χ1v) is 0.697. The second-order valence-electron chi connectivity index (χ2n) is 0.224. The van der Waals surface area contributed by atoms with Crippen LogP contribution in [0.2, 0.25) is 0 Å². The van der Waals surface area contributed by atoms with Crippen molar-refractivity contribution in [2.24, 2.45) is 0 Å². The predicted molar refractivity (Wildman–Crippen MR) is 17.0 cm³/mol. The van der Waals surface area contributed by atoms with Gasteiger partial charge >= 0.3 is 0 Å². The molecule has 0 unspecified atom stereocenters. The molecule has 0 aliphatic rings. The summed E-state index contributed by atoms with van der Waals surface area (Å²) in [6.45, 7) is 0. The first kappa shape index (κ1) is 15.7. The van der Waals surface area contributed by atoms with E-state index in [1.165, 1.54) is 12.1 Å². The molecule has 0 aliphatic heterocycles. The Labute approximate surface area is 89.4 Å². The minimum Gasteiger partial charge on any atom is -0.181 e. The fourth-order valence-corrected chi connectivity index (χ4v) is 0. The van der Waals surface area contributed by atoms with Crippen molar-refractivity contribution in [2.45, 2.75) is 0 Å². The number of nitrogens with zero attached hydrogens (tertiary/aromatic N) is 2. The third-order valence-corrected chi connectivity index (χ3v) is 0.0500. The Morgan fingerprint density at radius 2 is 1.17 bits per heavy atom. The Morgan fingerprint density at radius 3 is 1.17 bits per heavy atom. The van der Waals surface area contributed by atoms with Crippen molar-refractivity contribution in [2.75, 3.05) is 0 Å². The number of rotatable bonds is 0. The average Bonchev–Trinajstić information content (AvgIpc) is 1.37. The van der Waals surface area contributed by atoms with Gasteiger partial charge in [-0.25, -0.2) is 0 Å². The van der Waals surface area contributed by atoms with Crippen LogP contribution in [0, 0.1) is 22.7 Å². The third-order valence-electron chi connectivity index (χ3n) is 0.0500. The molecule has 6 heavy (non-hydrogen) atoms. The Balaban J connectivity index is -0.0000000450. The van der Waals surface area contributed by atoms with Gasteiger partial charge < -0.3 is 0 Å². The van der Waals surface area contributed by atoms with Crippen molar-refractivity contribution in [3.8, 4) is 12.1 Å². The monoisotopic (exact) mass is 147 g/mol. The van der Waals surface area contributed by atoms with Gasteiger partial charge in [0, 0.05) is 68.5 Å². The summed E-state index contributed by atoms with van der Waals surface area (Å²) in [5, 5.41) is 14.5. The van der Waals surface area contributed by atoms with Crippen molar-refractivity contribution in [3.05, 3.63) is 0 Å². The van der Waals surface area contributed by atoms with Crippen molar-refractivity contribution < 1.29 is 17.1 Å². The number of hydrogen-bond acceptors (Lipinski definition) is 2. The minimum absolute atomic E-state index is 0. The average molecular weight is 147 g/mol. The van der Waals surface area contributed by atoms with Gasteiger partial charge in [0.25, 0.3) is 0 Å². The van der Waals surface area contributed by atoms with Crippen LogP contribution in [0.4, 0.5) is 0 Å². The van der Waals surface area contributed by atoms with Crippen molar-refractivity contribution in [1.29, 1.82) is 10.5 Å². The molecule has 0 bridgehead atoms. The van der Waals surface area contributed by atoms with Crippen LogP contribution in [0.1, 0.15) is 0 Å². The maximum absolute atomic E-state index is 7.26. The normalized spacial score (nSPS) is 1.67. The zero-order valence-electron chi connectivity index (χ0n) is 3.25. The maximum atomic E-state index is 7.26. The maximum Gasteiger partial charge on any atom is 0.181 e. The van der Waals surface area contributed by atoms with Gasteiger partial charge in [0.1, 0.15) is 0 Å². The molecule has 0 rings (SSSR count). The van der Waals surface area contributed by atoms with E-state index in [1.807, 2.05) is 0 Å². The Hall–Kier alpha value is 1.14. The fraction of sp³-hybridized carbons (Fsp3) is 0. The van der Waals surface area contributed by atoms with Crippen molar-refractivity contribution >= 4 is 51.4 Å². The van der Waals surface area contributed by atoms with E-state index < -0.39 is 0 Å². The van der Waals surface area contributed by atoms with Gasteiger partial charge in [-0.3, -0.25) is 0 Å². The number of nitriles is 2. The molecular formula is C2FeKN2. The zero-order valence-corrected chi connectivity index (χ0v) is 7.48. The summed E-state index contributed by atoms with van der Waals surface area (Å²) in [5.74, 6) is 0. The van der Waals surface area contributed by atoms with Crippen LogP contribution in [-0.4, -0.2) is 51.4 Å². The first-order chi connectivity index (χ1) is 1.91. The second-order valence-corrected chi connectivity index (χ2v) is 0.224. The van der Waals surface area contributed by atoms with E-state index in [9.17, 15) is 0 Å². The summed E-state index contributed by atoms with van der Waals surface area (Å²) in [6.07, 6.45) is 0. The smallest absolute Gasteiger partial charge is 0.181 e. The molecule has 0 aromatic carbocycles. The standard InChI is InChI=1S/C2N2.Fe.K/c3-1-2-4;;. The largest absolute Gasteiger partial charge is 0.181 e. The fourth-order valence-electron chi connectivity index (χ4n) is 0. The van der Waals surface area contributed by atoms with Gasteiger partial charge in [0.05, 0.1) is 0 Å². The van der Waals surface area contributed by atoms with Crippen LogP contribution in [0.3, 0.4) is 0 Å². The van der Waals surface area contributed by atoms with E-state index in [1.54, 1.807) is 0 Å². The molecule has 0 spiro atoms. The van der Waals surface area contributed by atoms with E-state index in [2.05, 4.69) is 0 Å². The topological polar surface area (TPSA) is 47.6 Å². The SMILES string of the molecule is N#CC#N.[Fe].[K]. The molecule has 1 radical (unpaired) electrons. The molecule has 0 aromatic heterocycles. The van der Waals surface area contributed by atoms with Crippen LogP contribution in [-0.2, 0) is 17.1 Å². The molecule has 0 amide bonds. The van der Waals surface area contributed by atoms with Crippen LogP contribution < -0.4 is 0 Å². The third kappa shape index (κ3) is 19.3. The van der Waals surface area contributed by atoms with Crippen LogP contribution in [0.15, 0.2) is 0 Å². The molecule has 2 nitrogen and oxygen atoms in total. The summed E-state index contributed by atoms with van der Waals surface area (Å²) >= 11 is 0. The summed E-state index contributed by atoms with van der Waals surface area (Å²) in [5.41, 5.74) is 0. The molecule has 4 heteroatoms. The quantitative estimate of drug-likeness (QED) is 0.439. The molecule has 0 atom stereocenters. The molecule has 0 N–H and O–H groups in total. The van der Waals surface area contributed by atoms with E-state index in [0.29, 0.717) is 0 Å². The van der Waals surface area contributed by atoms with Gasteiger partial charge in [0.2, 0.25) is 0 Å². The van der Waals surface area contributed by atoms with Crippen LogP contribution in [0.5, 0.6) is 0 Å². The van der Waals surface area contributed by atoms with E-state index in [4.69, 9.17) is 10.5 Å². The van der Waals surface area contributed by atoms with Gasteiger partial charge in [-0.2, -0.15) is 10.5 Å².